The molecule has 0 aliphatic carbocycles. The molecule has 0 spiro atoms. The van der Waals surface area contributed by atoms with Crippen LogP contribution in [-0.2, 0) is 19.3 Å². The second kappa shape index (κ2) is 9.35. The van der Waals surface area contributed by atoms with Gasteiger partial charge in [0.15, 0.2) is 9.84 Å². The molecule has 1 N–H and O–H groups in total. The lowest BCUT2D eigenvalue weighted by atomic mass is 10.2. The standard InChI is InChI=1S/C12H21Cl2NO4S2/c1-2-4-18-5-3-9(6-13)19-12(20)15-11-8-21(16,17)7-10(11)14/h9-11H,2-8H2,1H3,(H,15,20)/t9-,10-,11+/m0/s1. The summed E-state index contributed by atoms with van der Waals surface area (Å²) in [6, 6.07) is -0.420. The van der Waals surface area contributed by atoms with E-state index >= 15 is 0 Å². The van der Waals surface area contributed by atoms with Crippen molar-refractivity contribution in [2.45, 2.75) is 37.3 Å². The van der Waals surface area contributed by atoms with Gasteiger partial charge in [-0.3, -0.25) is 0 Å². The van der Waals surface area contributed by atoms with E-state index in [0.717, 1.165) is 6.42 Å². The van der Waals surface area contributed by atoms with Crippen LogP contribution in [0.3, 0.4) is 0 Å². The highest BCUT2D eigenvalue weighted by Gasteiger charge is 2.37. The zero-order valence-electron chi connectivity index (χ0n) is 11.9. The van der Waals surface area contributed by atoms with Crippen LogP contribution in [0.4, 0.5) is 0 Å². The molecule has 9 heteroatoms. The Hall–Kier alpha value is 0.180. The van der Waals surface area contributed by atoms with Gasteiger partial charge in [-0.15, -0.1) is 23.2 Å². The first kappa shape index (κ1) is 19.2. The van der Waals surface area contributed by atoms with E-state index in [2.05, 4.69) is 5.32 Å². The largest absolute Gasteiger partial charge is 0.466 e. The Bertz CT molecular complexity index is 433. The van der Waals surface area contributed by atoms with E-state index in [1.807, 2.05) is 6.92 Å². The predicted molar refractivity (Wildman–Crippen MR) is 89.1 cm³/mol. The van der Waals surface area contributed by atoms with Crippen molar-refractivity contribution in [2.75, 3.05) is 30.6 Å². The Kier molecular flexibility index (Phi) is 8.56. The number of sulfone groups is 1. The molecule has 0 bridgehead atoms. The zero-order chi connectivity index (χ0) is 15.9. The average molecular weight is 378 g/mol. The van der Waals surface area contributed by atoms with Gasteiger partial charge in [-0.2, -0.15) is 0 Å². The molecule has 5 nitrogen and oxygen atoms in total. The van der Waals surface area contributed by atoms with E-state index in [-0.39, 0.29) is 28.7 Å². The van der Waals surface area contributed by atoms with Gasteiger partial charge in [0, 0.05) is 13.0 Å². The average Bonchev–Trinajstić information content (AvgIpc) is 2.65. The summed E-state index contributed by atoms with van der Waals surface area (Å²) in [5, 5.41) is 2.48. The van der Waals surface area contributed by atoms with Crippen molar-refractivity contribution < 1.29 is 17.9 Å². The summed E-state index contributed by atoms with van der Waals surface area (Å²) in [5.74, 6) is 0.207. The van der Waals surface area contributed by atoms with Gasteiger partial charge in [0.1, 0.15) is 6.10 Å². The molecule has 0 saturated carbocycles. The second-order valence-electron chi connectivity index (χ2n) is 4.93. The van der Waals surface area contributed by atoms with Crippen LogP contribution >= 0.6 is 35.4 Å². The van der Waals surface area contributed by atoms with Gasteiger partial charge in [-0.1, -0.05) is 6.92 Å². The lowest BCUT2D eigenvalue weighted by Gasteiger charge is -2.21. The molecule has 1 fully saturated rings. The van der Waals surface area contributed by atoms with Crippen LogP contribution in [0.5, 0.6) is 0 Å². The maximum absolute atomic E-state index is 11.5. The third kappa shape index (κ3) is 7.32. The Morgan fingerprint density at radius 1 is 1.43 bits per heavy atom. The fourth-order valence-electron chi connectivity index (χ4n) is 1.90. The minimum atomic E-state index is -3.10. The first-order chi connectivity index (χ1) is 9.88. The van der Waals surface area contributed by atoms with Gasteiger partial charge in [0.2, 0.25) is 0 Å². The molecule has 0 aromatic heterocycles. The van der Waals surface area contributed by atoms with E-state index in [1.165, 1.54) is 0 Å². The number of hydrogen-bond acceptors (Lipinski definition) is 5. The van der Waals surface area contributed by atoms with Crippen LogP contribution in [0.15, 0.2) is 0 Å². The smallest absolute Gasteiger partial charge is 0.257 e. The number of nitrogens with one attached hydrogen (secondary N) is 1. The van der Waals surface area contributed by atoms with Crippen LogP contribution in [0.2, 0.25) is 0 Å². The molecule has 1 aliphatic rings. The molecule has 0 amide bonds. The molecule has 124 valence electrons. The van der Waals surface area contributed by atoms with Gasteiger partial charge in [0.25, 0.3) is 5.17 Å². The van der Waals surface area contributed by atoms with Crippen LogP contribution < -0.4 is 5.32 Å². The molecule has 0 unspecified atom stereocenters. The Morgan fingerprint density at radius 3 is 2.67 bits per heavy atom. The molecule has 3 atom stereocenters. The van der Waals surface area contributed by atoms with Crippen molar-refractivity contribution in [3.63, 3.8) is 0 Å². The Morgan fingerprint density at radius 2 is 2.14 bits per heavy atom. The summed E-state index contributed by atoms with van der Waals surface area (Å²) < 4.78 is 33.8. The number of hydrogen-bond donors (Lipinski definition) is 1. The van der Waals surface area contributed by atoms with Crippen LogP contribution in [-0.4, -0.2) is 61.7 Å². The highest BCUT2D eigenvalue weighted by Crippen LogP contribution is 2.18. The van der Waals surface area contributed by atoms with E-state index in [1.54, 1.807) is 0 Å². The summed E-state index contributed by atoms with van der Waals surface area (Å²) in [6.45, 7) is 3.28. The topological polar surface area (TPSA) is 64.6 Å². The molecule has 0 radical (unpaired) electrons. The van der Waals surface area contributed by atoms with E-state index in [4.69, 9.17) is 44.9 Å². The van der Waals surface area contributed by atoms with Gasteiger partial charge in [-0.25, -0.2) is 8.42 Å². The third-order valence-electron chi connectivity index (χ3n) is 2.96. The first-order valence-corrected chi connectivity index (χ1v) is 10.0. The minimum absolute atomic E-state index is 0.0319. The Labute approximate surface area is 141 Å². The Balaban J connectivity index is 2.34. The first-order valence-electron chi connectivity index (χ1n) is 6.83. The number of alkyl halides is 2. The molecular weight excluding hydrogens is 357 g/mol. The highest BCUT2D eigenvalue weighted by atomic mass is 35.5. The van der Waals surface area contributed by atoms with Crippen molar-refractivity contribution in [3.8, 4) is 0 Å². The highest BCUT2D eigenvalue weighted by molar-refractivity contribution is 7.91. The van der Waals surface area contributed by atoms with Crippen molar-refractivity contribution in [1.29, 1.82) is 0 Å². The molecule has 1 saturated heterocycles. The molecule has 1 rings (SSSR count). The zero-order valence-corrected chi connectivity index (χ0v) is 15.0. The maximum atomic E-state index is 11.5. The van der Waals surface area contributed by atoms with Crippen LogP contribution in [0.25, 0.3) is 0 Å². The number of halogens is 2. The molecule has 0 aromatic rings. The van der Waals surface area contributed by atoms with Crippen LogP contribution in [0.1, 0.15) is 19.8 Å². The van der Waals surface area contributed by atoms with Gasteiger partial charge in [0.05, 0.1) is 35.4 Å². The third-order valence-corrected chi connectivity index (χ3v) is 5.90. The minimum Gasteiger partial charge on any atom is -0.466 e. The normalized spacial score (nSPS) is 25.5. The van der Waals surface area contributed by atoms with E-state index < -0.39 is 21.3 Å². The van der Waals surface area contributed by atoms with E-state index in [9.17, 15) is 8.42 Å². The van der Waals surface area contributed by atoms with E-state index in [0.29, 0.717) is 19.6 Å². The fraction of sp³-hybridized carbons (Fsp3) is 0.917. The summed E-state index contributed by atoms with van der Waals surface area (Å²) in [6.07, 6.45) is 1.31. The summed E-state index contributed by atoms with van der Waals surface area (Å²) in [5.41, 5.74) is 0. The SMILES string of the molecule is CCCOCC[C@@H](CCl)OC(=S)N[C@@H]1CS(=O)(=O)C[C@@H]1Cl. The summed E-state index contributed by atoms with van der Waals surface area (Å²) in [7, 11) is -3.10. The lowest BCUT2D eigenvalue weighted by Crippen LogP contribution is -2.42. The lowest BCUT2D eigenvalue weighted by molar-refractivity contribution is 0.0945. The maximum Gasteiger partial charge on any atom is 0.257 e. The molecule has 0 aromatic carbocycles. The van der Waals surface area contributed by atoms with Crippen molar-refractivity contribution in [2.24, 2.45) is 0 Å². The number of thiocarbonyl (C=S) groups is 1. The van der Waals surface area contributed by atoms with Crippen molar-refractivity contribution >= 4 is 50.4 Å². The van der Waals surface area contributed by atoms with Crippen molar-refractivity contribution in [1.82, 2.24) is 5.32 Å². The number of rotatable bonds is 8. The number of ether oxygens (including phenoxy) is 2. The van der Waals surface area contributed by atoms with Gasteiger partial charge in [-0.05, 0) is 18.6 Å². The van der Waals surface area contributed by atoms with Crippen LogP contribution in [0, 0.1) is 0 Å². The van der Waals surface area contributed by atoms with Gasteiger partial charge < -0.3 is 14.8 Å². The van der Waals surface area contributed by atoms with Gasteiger partial charge >= 0.3 is 0 Å². The summed E-state index contributed by atoms with van der Waals surface area (Å²) >= 11 is 16.9. The molecule has 1 heterocycles. The summed E-state index contributed by atoms with van der Waals surface area (Å²) in [4.78, 5) is 0. The predicted octanol–water partition coefficient (Wildman–Crippen LogP) is 1.71. The molecule has 21 heavy (non-hydrogen) atoms. The fourth-order valence-corrected chi connectivity index (χ4v) is 4.96. The monoisotopic (exact) mass is 377 g/mol. The van der Waals surface area contributed by atoms with Crippen molar-refractivity contribution in [3.05, 3.63) is 0 Å². The second-order valence-corrected chi connectivity index (χ2v) is 8.32. The molecular formula is C12H21Cl2NO4S2. The molecule has 1 aliphatic heterocycles. The quantitative estimate of drug-likeness (QED) is 0.394.